The lowest BCUT2D eigenvalue weighted by Crippen LogP contribution is -1.97. The normalized spacial score (nSPS) is 10.5. The molecule has 0 atom stereocenters. The second-order valence-electron chi connectivity index (χ2n) is 3.58. The first-order chi connectivity index (χ1) is 8.20. The van der Waals surface area contributed by atoms with Crippen LogP contribution in [0.3, 0.4) is 0 Å². The highest BCUT2D eigenvalue weighted by Gasteiger charge is 2.08. The molecular formula is C12H12BrFN2S. The standard InChI is InChI=1S/C12H12BrFN2S/c1-2-5-15-12-16-7-11(17-12)9-6-8(14)3-4-10(9)13/h3-4,6-7H,2,5H2,1H3,(H,15,16). The molecule has 2 nitrogen and oxygen atoms in total. The van der Waals surface area contributed by atoms with Gasteiger partial charge in [-0.05, 0) is 24.6 Å². The first-order valence-corrected chi connectivity index (χ1v) is 6.96. The Hall–Kier alpha value is -0.940. The van der Waals surface area contributed by atoms with Crippen LogP contribution in [0.5, 0.6) is 0 Å². The number of anilines is 1. The van der Waals surface area contributed by atoms with Crippen molar-refractivity contribution in [1.29, 1.82) is 0 Å². The zero-order valence-electron chi connectivity index (χ0n) is 9.34. The Bertz CT molecular complexity index is 513. The third-order valence-corrected chi connectivity index (χ3v) is 3.91. The van der Waals surface area contributed by atoms with Crippen LogP contribution in [-0.2, 0) is 0 Å². The molecule has 0 saturated heterocycles. The van der Waals surface area contributed by atoms with E-state index in [1.807, 2.05) is 0 Å². The molecule has 0 saturated carbocycles. The quantitative estimate of drug-likeness (QED) is 0.896. The summed E-state index contributed by atoms with van der Waals surface area (Å²) < 4.78 is 14.1. The molecule has 2 aromatic rings. The van der Waals surface area contributed by atoms with Crippen molar-refractivity contribution in [1.82, 2.24) is 4.98 Å². The highest BCUT2D eigenvalue weighted by atomic mass is 79.9. The van der Waals surface area contributed by atoms with Crippen molar-refractivity contribution < 1.29 is 4.39 Å². The number of rotatable bonds is 4. The van der Waals surface area contributed by atoms with Gasteiger partial charge in [-0.1, -0.05) is 34.2 Å². The summed E-state index contributed by atoms with van der Waals surface area (Å²) >= 11 is 4.95. The summed E-state index contributed by atoms with van der Waals surface area (Å²) in [5, 5.41) is 4.09. The maximum Gasteiger partial charge on any atom is 0.183 e. The summed E-state index contributed by atoms with van der Waals surface area (Å²) in [4.78, 5) is 5.22. The van der Waals surface area contributed by atoms with Gasteiger partial charge < -0.3 is 5.32 Å². The van der Waals surface area contributed by atoms with E-state index in [1.54, 1.807) is 12.3 Å². The van der Waals surface area contributed by atoms with E-state index < -0.39 is 0 Å². The molecule has 5 heteroatoms. The van der Waals surface area contributed by atoms with E-state index in [0.29, 0.717) is 0 Å². The second-order valence-corrected chi connectivity index (χ2v) is 5.47. The van der Waals surface area contributed by atoms with Gasteiger partial charge >= 0.3 is 0 Å². The van der Waals surface area contributed by atoms with Gasteiger partial charge in [0.25, 0.3) is 0 Å². The first-order valence-electron chi connectivity index (χ1n) is 5.36. The van der Waals surface area contributed by atoms with E-state index in [9.17, 15) is 4.39 Å². The molecule has 0 radical (unpaired) electrons. The van der Waals surface area contributed by atoms with Crippen molar-refractivity contribution in [3.8, 4) is 10.4 Å². The fraction of sp³-hybridized carbons (Fsp3) is 0.250. The molecule has 0 amide bonds. The summed E-state index contributed by atoms with van der Waals surface area (Å²) in [7, 11) is 0. The lowest BCUT2D eigenvalue weighted by molar-refractivity contribution is 0.628. The van der Waals surface area contributed by atoms with Gasteiger partial charge in [0.15, 0.2) is 5.13 Å². The van der Waals surface area contributed by atoms with Gasteiger partial charge in [0.05, 0.1) is 4.88 Å². The Morgan fingerprint density at radius 3 is 3.06 bits per heavy atom. The van der Waals surface area contributed by atoms with Crippen LogP contribution >= 0.6 is 27.3 Å². The molecule has 1 aromatic heterocycles. The van der Waals surface area contributed by atoms with Crippen molar-refractivity contribution >= 4 is 32.4 Å². The van der Waals surface area contributed by atoms with Crippen LogP contribution in [0.25, 0.3) is 10.4 Å². The molecule has 0 aliphatic carbocycles. The zero-order chi connectivity index (χ0) is 12.3. The number of nitrogens with one attached hydrogen (secondary N) is 1. The van der Waals surface area contributed by atoms with Crippen LogP contribution < -0.4 is 5.32 Å². The highest BCUT2D eigenvalue weighted by molar-refractivity contribution is 9.10. The molecule has 90 valence electrons. The average Bonchev–Trinajstić information content (AvgIpc) is 2.78. The summed E-state index contributed by atoms with van der Waals surface area (Å²) in [5.41, 5.74) is 0.840. The lowest BCUT2D eigenvalue weighted by atomic mass is 10.2. The number of benzene rings is 1. The molecule has 0 aliphatic rings. The Kier molecular flexibility index (Phi) is 4.12. The van der Waals surface area contributed by atoms with Crippen molar-refractivity contribution in [2.75, 3.05) is 11.9 Å². The summed E-state index contributed by atoms with van der Waals surface area (Å²) in [6.07, 6.45) is 2.82. The molecule has 1 aromatic carbocycles. The minimum absolute atomic E-state index is 0.236. The van der Waals surface area contributed by atoms with E-state index in [0.717, 1.165) is 33.0 Å². The fourth-order valence-corrected chi connectivity index (χ4v) is 2.86. The van der Waals surface area contributed by atoms with Crippen LogP contribution in [0.4, 0.5) is 9.52 Å². The first kappa shape index (κ1) is 12.5. The minimum atomic E-state index is -0.236. The predicted molar refractivity (Wildman–Crippen MR) is 74.0 cm³/mol. The van der Waals surface area contributed by atoms with E-state index >= 15 is 0 Å². The van der Waals surface area contributed by atoms with E-state index in [2.05, 4.69) is 33.2 Å². The molecular weight excluding hydrogens is 303 g/mol. The van der Waals surface area contributed by atoms with Crippen LogP contribution in [0.1, 0.15) is 13.3 Å². The highest BCUT2D eigenvalue weighted by Crippen LogP contribution is 2.34. The number of halogens is 2. The van der Waals surface area contributed by atoms with Crippen LogP contribution in [-0.4, -0.2) is 11.5 Å². The number of hydrogen-bond acceptors (Lipinski definition) is 3. The smallest absolute Gasteiger partial charge is 0.183 e. The average molecular weight is 315 g/mol. The number of aromatic nitrogens is 1. The third-order valence-electron chi connectivity index (χ3n) is 2.23. The van der Waals surface area contributed by atoms with E-state index in [4.69, 9.17) is 0 Å². The lowest BCUT2D eigenvalue weighted by Gasteiger charge is -2.01. The summed E-state index contributed by atoms with van der Waals surface area (Å²) in [6, 6.07) is 4.66. The van der Waals surface area contributed by atoms with Crippen molar-refractivity contribution in [2.45, 2.75) is 13.3 Å². The molecule has 0 bridgehead atoms. The molecule has 0 unspecified atom stereocenters. The van der Waals surface area contributed by atoms with Crippen LogP contribution in [0, 0.1) is 5.82 Å². The Balaban J connectivity index is 2.27. The van der Waals surface area contributed by atoms with E-state index in [1.165, 1.54) is 23.5 Å². The molecule has 0 aliphatic heterocycles. The second kappa shape index (κ2) is 5.60. The largest absolute Gasteiger partial charge is 0.362 e. The summed E-state index contributed by atoms with van der Waals surface area (Å²) in [5.74, 6) is -0.236. The topological polar surface area (TPSA) is 24.9 Å². The van der Waals surface area contributed by atoms with Gasteiger partial charge in [-0.25, -0.2) is 9.37 Å². The monoisotopic (exact) mass is 314 g/mol. The van der Waals surface area contributed by atoms with Crippen LogP contribution in [0.15, 0.2) is 28.9 Å². The Morgan fingerprint density at radius 2 is 2.29 bits per heavy atom. The maximum absolute atomic E-state index is 13.2. The molecule has 0 fully saturated rings. The number of hydrogen-bond donors (Lipinski definition) is 1. The Morgan fingerprint density at radius 1 is 1.47 bits per heavy atom. The van der Waals surface area contributed by atoms with Gasteiger partial charge in [0.1, 0.15) is 5.82 Å². The SMILES string of the molecule is CCCNc1ncc(-c2cc(F)ccc2Br)s1. The van der Waals surface area contributed by atoms with Crippen LogP contribution in [0.2, 0.25) is 0 Å². The van der Waals surface area contributed by atoms with Gasteiger partial charge in [-0.2, -0.15) is 0 Å². The molecule has 1 N–H and O–H groups in total. The summed E-state index contributed by atoms with van der Waals surface area (Å²) in [6.45, 7) is 3.00. The minimum Gasteiger partial charge on any atom is -0.362 e. The molecule has 0 spiro atoms. The molecule has 1 heterocycles. The molecule has 17 heavy (non-hydrogen) atoms. The Labute approximate surface area is 112 Å². The zero-order valence-corrected chi connectivity index (χ0v) is 11.7. The van der Waals surface area contributed by atoms with Gasteiger partial charge in [-0.15, -0.1) is 0 Å². The van der Waals surface area contributed by atoms with Gasteiger partial charge in [-0.3, -0.25) is 0 Å². The fourth-order valence-electron chi connectivity index (χ4n) is 1.40. The van der Waals surface area contributed by atoms with Gasteiger partial charge in [0, 0.05) is 22.8 Å². The van der Waals surface area contributed by atoms with Gasteiger partial charge in [0.2, 0.25) is 0 Å². The van der Waals surface area contributed by atoms with Crippen molar-refractivity contribution in [2.24, 2.45) is 0 Å². The van der Waals surface area contributed by atoms with Crippen molar-refractivity contribution in [3.63, 3.8) is 0 Å². The van der Waals surface area contributed by atoms with Crippen molar-refractivity contribution in [3.05, 3.63) is 34.7 Å². The number of nitrogens with zero attached hydrogens (tertiary/aromatic N) is 1. The molecule has 2 rings (SSSR count). The maximum atomic E-state index is 13.2. The third kappa shape index (κ3) is 3.04. The predicted octanol–water partition coefficient (Wildman–Crippen LogP) is 4.53. The number of thiazole rings is 1. The van der Waals surface area contributed by atoms with E-state index in [-0.39, 0.29) is 5.82 Å².